The van der Waals surface area contributed by atoms with Crippen LogP contribution in [0.1, 0.15) is 27.3 Å². The molecule has 1 amide bonds. The molecule has 0 unspecified atom stereocenters. The van der Waals surface area contributed by atoms with E-state index in [1.165, 1.54) is 11.3 Å². The first-order valence-electron chi connectivity index (χ1n) is 9.48. The van der Waals surface area contributed by atoms with Gasteiger partial charge in [-0.05, 0) is 19.4 Å². The van der Waals surface area contributed by atoms with Crippen molar-refractivity contribution in [1.82, 2.24) is 19.7 Å². The van der Waals surface area contributed by atoms with Crippen LogP contribution in [0.4, 0.5) is 0 Å². The smallest absolute Gasteiger partial charge is 0.257 e. The second-order valence-electron chi connectivity index (χ2n) is 7.08. The molecule has 0 aliphatic carbocycles. The van der Waals surface area contributed by atoms with Gasteiger partial charge in [-0.3, -0.25) is 14.5 Å². The van der Waals surface area contributed by atoms with E-state index in [0.717, 1.165) is 29.8 Å². The van der Waals surface area contributed by atoms with E-state index < -0.39 is 0 Å². The Bertz CT molecular complexity index is 1010. The summed E-state index contributed by atoms with van der Waals surface area (Å²) in [5, 5.41) is 4.76. The summed E-state index contributed by atoms with van der Waals surface area (Å²) in [4.78, 5) is 19.3. The van der Waals surface area contributed by atoms with E-state index in [1.807, 2.05) is 41.8 Å². The first kappa shape index (κ1) is 18.2. The van der Waals surface area contributed by atoms with Crippen LogP contribution in [-0.4, -0.2) is 45.8 Å². The summed E-state index contributed by atoms with van der Waals surface area (Å²) in [6, 6.07) is 12.0. The Morgan fingerprint density at radius 1 is 1.14 bits per heavy atom. The van der Waals surface area contributed by atoms with E-state index in [9.17, 15) is 4.79 Å². The molecule has 0 spiro atoms. The third kappa shape index (κ3) is 3.26. The molecule has 3 heterocycles. The van der Waals surface area contributed by atoms with Gasteiger partial charge in [0.25, 0.3) is 5.91 Å². The van der Waals surface area contributed by atoms with Gasteiger partial charge >= 0.3 is 0 Å². The van der Waals surface area contributed by atoms with Crippen molar-refractivity contribution in [3.63, 3.8) is 0 Å². The minimum Gasteiger partial charge on any atom is -0.494 e. The highest BCUT2D eigenvalue weighted by Crippen LogP contribution is 2.29. The molecule has 6 nitrogen and oxygen atoms in total. The quantitative estimate of drug-likeness (QED) is 0.705. The number of pyridine rings is 1. The molecule has 28 heavy (non-hydrogen) atoms. The second-order valence-corrected chi connectivity index (χ2v) is 7.08. The highest BCUT2D eigenvalue weighted by Gasteiger charge is 2.26. The number of rotatable bonds is 3. The van der Waals surface area contributed by atoms with Gasteiger partial charge in [-0.1, -0.05) is 30.3 Å². The van der Waals surface area contributed by atoms with Gasteiger partial charge in [-0.2, -0.15) is 5.10 Å². The Kier molecular flexibility index (Phi) is 4.86. The number of carbonyl (C=O) groups excluding carboxylic acids is 1. The average molecular weight is 376 g/mol. The zero-order valence-corrected chi connectivity index (χ0v) is 16.5. The number of methoxy groups -OCH3 is 1. The van der Waals surface area contributed by atoms with Crippen LogP contribution >= 0.6 is 0 Å². The van der Waals surface area contributed by atoms with Crippen LogP contribution in [0.25, 0.3) is 11.3 Å². The molecule has 3 aromatic rings. The lowest BCUT2D eigenvalue weighted by Crippen LogP contribution is -2.33. The van der Waals surface area contributed by atoms with Crippen LogP contribution in [0.3, 0.4) is 0 Å². The summed E-state index contributed by atoms with van der Waals surface area (Å²) < 4.78 is 7.32. The van der Waals surface area contributed by atoms with Gasteiger partial charge in [-0.25, -0.2) is 0 Å². The Morgan fingerprint density at radius 3 is 2.64 bits per heavy atom. The summed E-state index contributed by atoms with van der Waals surface area (Å²) in [5.74, 6) is 0.508. The monoisotopic (exact) mass is 376 g/mol. The fourth-order valence-corrected chi connectivity index (χ4v) is 3.86. The molecule has 2 aromatic heterocycles. The minimum absolute atomic E-state index is 0.00984. The number of fused-ring (bicyclic) bond motifs is 1. The normalized spacial score (nSPS) is 13.8. The van der Waals surface area contributed by atoms with Crippen molar-refractivity contribution >= 4 is 5.91 Å². The van der Waals surface area contributed by atoms with Crippen LogP contribution in [-0.2, 0) is 19.9 Å². The lowest BCUT2D eigenvalue weighted by atomic mass is 10.0. The van der Waals surface area contributed by atoms with E-state index >= 15 is 0 Å². The van der Waals surface area contributed by atoms with E-state index in [0.29, 0.717) is 24.4 Å². The number of carbonyl (C=O) groups is 1. The summed E-state index contributed by atoms with van der Waals surface area (Å²) in [5.41, 5.74) is 5.95. The first-order chi connectivity index (χ1) is 13.6. The number of benzene rings is 1. The molecule has 0 N–H and O–H groups in total. The highest BCUT2D eigenvalue weighted by molar-refractivity contribution is 5.97. The Hall–Kier alpha value is -3.15. The molecule has 0 bridgehead atoms. The molecule has 1 aliphatic rings. The van der Waals surface area contributed by atoms with Crippen molar-refractivity contribution in [2.24, 2.45) is 7.05 Å². The highest BCUT2D eigenvalue weighted by atomic mass is 16.5. The van der Waals surface area contributed by atoms with Crippen LogP contribution in [0.2, 0.25) is 0 Å². The molecule has 0 saturated carbocycles. The number of aromatic nitrogens is 3. The average Bonchev–Trinajstić information content (AvgIpc) is 2.89. The van der Waals surface area contributed by atoms with Crippen LogP contribution < -0.4 is 4.74 Å². The van der Waals surface area contributed by atoms with Gasteiger partial charge in [0, 0.05) is 49.1 Å². The fraction of sp³-hybridized carbons (Fsp3) is 0.318. The number of nitrogens with zero attached hydrogens (tertiary/aromatic N) is 4. The van der Waals surface area contributed by atoms with Crippen LogP contribution in [0.15, 0.2) is 42.6 Å². The topological polar surface area (TPSA) is 60.2 Å². The standard InChI is InChI=1S/C22H24N4O2/c1-15-13-18(20(28-3)14-23-15)22(27)26-11-9-17-19(10-12-26)25(2)24-21(17)16-7-5-4-6-8-16/h4-8,13-14H,9-12H2,1-3H3. The molecular weight excluding hydrogens is 352 g/mol. The van der Waals surface area contributed by atoms with Gasteiger partial charge in [0.15, 0.2) is 0 Å². The summed E-state index contributed by atoms with van der Waals surface area (Å²) >= 11 is 0. The van der Waals surface area contributed by atoms with E-state index in [2.05, 4.69) is 17.1 Å². The van der Waals surface area contributed by atoms with Crippen molar-refractivity contribution < 1.29 is 9.53 Å². The maximum Gasteiger partial charge on any atom is 0.257 e. The molecule has 0 saturated heterocycles. The first-order valence-corrected chi connectivity index (χ1v) is 9.48. The lowest BCUT2D eigenvalue weighted by Gasteiger charge is -2.21. The SMILES string of the molecule is COc1cnc(C)cc1C(=O)N1CCc2c(-c3ccccc3)nn(C)c2CC1. The number of aryl methyl sites for hydroxylation is 2. The lowest BCUT2D eigenvalue weighted by molar-refractivity contribution is 0.0759. The van der Waals surface area contributed by atoms with Crippen LogP contribution in [0, 0.1) is 6.92 Å². The predicted molar refractivity (Wildman–Crippen MR) is 107 cm³/mol. The van der Waals surface area contributed by atoms with Gasteiger partial charge in [0.05, 0.1) is 24.6 Å². The van der Waals surface area contributed by atoms with Crippen molar-refractivity contribution in [2.45, 2.75) is 19.8 Å². The molecule has 1 aliphatic heterocycles. The van der Waals surface area contributed by atoms with Crippen LogP contribution in [0.5, 0.6) is 5.75 Å². The Balaban J connectivity index is 1.62. The number of amides is 1. The van der Waals surface area contributed by atoms with Crippen molar-refractivity contribution in [2.75, 3.05) is 20.2 Å². The third-order valence-electron chi connectivity index (χ3n) is 5.31. The Morgan fingerprint density at radius 2 is 1.89 bits per heavy atom. The molecule has 1 aromatic carbocycles. The van der Waals surface area contributed by atoms with E-state index in [4.69, 9.17) is 9.84 Å². The van der Waals surface area contributed by atoms with Crippen molar-refractivity contribution in [1.29, 1.82) is 0 Å². The van der Waals surface area contributed by atoms with Crippen molar-refractivity contribution in [3.05, 3.63) is 65.1 Å². The fourth-order valence-electron chi connectivity index (χ4n) is 3.86. The van der Waals surface area contributed by atoms with E-state index in [1.54, 1.807) is 19.4 Å². The van der Waals surface area contributed by atoms with E-state index in [-0.39, 0.29) is 5.91 Å². The third-order valence-corrected chi connectivity index (χ3v) is 5.31. The Labute approximate surface area is 164 Å². The maximum atomic E-state index is 13.2. The predicted octanol–water partition coefficient (Wildman–Crippen LogP) is 3.04. The second kappa shape index (κ2) is 7.46. The largest absolute Gasteiger partial charge is 0.494 e. The number of hydrogen-bond donors (Lipinski definition) is 0. The molecule has 4 rings (SSSR count). The van der Waals surface area contributed by atoms with Gasteiger partial charge in [0.1, 0.15) is 5.75 Å². The van der Waals surface area contributed by atoms with Gasteiger partial charge < -0.3 is 9.64 Å². The van der Waals surface area contributed by atoms with Crippen molar-refractivity contribution in [3.8, 4) is 17.0 Å². The minimum atomic E-state index is -0.00984. The zero-order chi connectivity index (χ0) is 19.7. The summed E-state index contributed by atoms with van der Waals surface area (Å²) in [7, 11) is 3.55. The molecule has 0 atom stereocenters. The molecule has 0 radical (unpaired) electrons. The number of hydrogen-bond acceptors (Lipinski definition) is 4. The number of ether oxygens (including phenoxy) is 1. The summed E-state index contributed by atoms with van der Waals surface area (Å²) in [6.45, 7) is 3.19. The zero-order valence-electron chi connectivity index (χ0n) is 16.5. The maximum absolute atomic E-state index is 13.2. The summed E-state index contributed by atoms with van der Waals surface area (Å²) in [6.07, 6.45) is 3.18. The van der Waals surface area contributed by atoms with Gasteiger partial charge in [0.2, 0.25) is 0 Å². The molecule has 0 fully saturated rings. The molecular formula is C22H24N4O2. The molecule has 144 valence electrons. The van der Waals surface area contributed by atoms with Gasteiger partial charge in [-0.15, -0.1) is 0 Å². The molecule has 6 heteroatoms.